The van der Waals surface area contributed by atoms with Gasteiger partial charge in [0.2, 0.25) is 5.91 Å². The number of rotatable bonds is 3. The van der Waals surface area contributed by atoms with Gasteiger partial charge in [0.05, 0.1) is 16.8 Å². The molecule has 0 saturated carbocycles. The highest BCUT2D eigenvalue weighted by molar-refractivity contribution is 9.10. The third-order valence-corrected chi connectivity index (χ3v) is 3.20. The molecule has 1 rings (SSSR count). The maximum atomic E-state index is 13.0. The molecule has 0 bridgehead atoms. The molecule has 0 aliphatic heterocycles. The first-order valence-electron chi connectivity index (χ1n) is 5.04. The third-order valence-electron chi connectivity index (χ3n) is 2.28. The molecule has 0 aromatic heterocycles. The Balaban J connectivity index is 2.93. The number of anilines is 1. The Morgan fingerprint density at radius 1 is 1.53 bits per heavy atom. The van der Waals surface area contributed by atoms with Crippen molar-refractivity contribution in [2.24, 2.45) is 11.7 Å². The quantitative estimate of drug-likeness (QED) is 0.897. The summed E-state index contributed by atoms with van der Waals surface area (Å²) in [5.74, 6) is -0.824. The van der Waals surface area contributed by atoms with Crippen LogP contribution in [0, 0.1) is 11.7 Å². The van der Waals surface area contributed by atoms with Gasteiger partial charge in [-0.1, -0.05) is 25.4 Å². The third kappa shape index (κ3) is 3.66. The second-order valence-electron chi connectivity index (χ2n) is 4.00. The number of benzene rings is 1. The number of carbonyl (C=O) groups is 1. The topological polar surface area (TPSA) is 55.1 Å². The van der Waals surface area contributed by atoms with Gasteiger partial charge in [0.1, 0.15) is 5.82 Å². The summed E-state index contributed by atoms with van der Waals surface area (Å²) in [5, 5.41) is 2.70. The molecule has 0 radical (unpaired) electrons. The van der Waals surface area contributed by atoms with E-state index in [2.05, 4.69) is 21.2 Å². The lowest BCUT2D eigenvalue weighted by atomic mass is 10.0. The predicted octanol–water partition coefficient (Wildman–Crippen LogP) is 3.16. The molecule has 1 amide bonds. The van der Waals surface area contributed by atoms with Crippen LogP contribution in [0.3, 0.4) is 0 Å². The number of hydrogen-bond donors (Lipinski definition) is 2. The van der Waals surface area contributed by atoms with Gasteiger partial charge < -0.3 is 11.1 Å². The second kappa shape index (κ2) is 5.80. The fourth-order valence-electron chi connectivity index (χ4n) is 1.17. The van der Waals surface area contributed by atoms with Crippen LogP contribution in [0.25, 0.3) is 0 Å². The largest absolute Gasteiger partial charge is 0.322 e. The summed E-state index contributed by atoms with van der Waals surface area (Å²) >= 11 is 8.97. The van der Waals surface area contributed by atoms with Gasteiger partial charge in [0.25, 0.3) is 0 Å². The van der Waals surface area contributed by atoms with E-state index in [1.165, 1.54) is 6.07 Å². The van der Waals surface area contributed by atoms with Crippen molar-refractivity contribution in [1.29, 1.82) is 0 Å². The molecule has 1 unspecified atom stereocenters. The minimum atomic E-state index is -0.636. The van der Waals surface area contributed by atoms with E-state index in [9.17, 15) is 9.18 Å². The molecule has 3 N–H and O–H groups in total. The molecule has 0 spiro atoms. The first-order chi connectivity index (χ1) is 7.82. The molecular formula is C11H13BrClFN2O. The summed E-state index contributed by atoms with van der Waals surface area (Å²) in [5.41, 5.74) is 6.02. The van der Waals surface area contributed by atoms with Crippen molar-refractivity contribution in [3.05, 3.63) is 27.4 Å². The van der Waals surface area contributed by atoms with E-state index in [1.807, 2.05) is 13.8 Å². The van der Waals surface area contributed by atoms with E-state index in [-0.39, 0.29) is 16.8 Å². The first kappa shape index (κ1) is 14.4. The number of amides is 1. The van der Waals surface area contributed by atoms with Crippen molar-refractivity contribution < 1.29 is 9.18 Å². The Hall–Kier alpha value is -0.650. The maximum Gasteiger partial charge on any atom is 0.241 e. The zero-order chi connectivity index (χ0) is 13.2. The molecule has 6 heteroatoms. The average molecular weight is 324 g/mol. The van der Waals surface area contributed by atoms with Crippen molar-refractivity contribution in [3.63, 3.8) is 0 Å². The highest BCUT2D eigenvalue weighted by Crippen LogP contribution is 2.31. The zero-order valence-corrected chi connectivity index (χ0v) is 11.8. The summed E-state index contributed by atoms with van der Waals surface area (Å²) in [6, 6.07) is 1.72. The zero-order valence-electron chi connectivity index (χ0n) is 9.43. The number of nitrogens with one attached hydrogen (secondary N) is 1. The Labute approximate surface area is 113 Å². The van der Waals surface area contributed by atoms with Crippen LogP contribution in [-0.4, -0.2) is 11.9 Å². The summed E-state index contributed by atoms with van der Waals surface area (Å²) in [6.07, 6.45) is 0. The predicted molar refractivity (Wildman–Crippen MR) is 70.6 cm³/mol. The molecule has 94 valence electrons. The minimum Gasteiger partial charge on any atom is -0.322 e. The lowest BCUT2D eigenvalue weighted by Crippen LogP contribution is -2.39. The Kier molecular flexibility index (Phi) is 4.91. The summed E-state index contributed by atoms with van der Waals surface area (Å²) < 4.78 is 13.4. The molecular weight excluding hydrogens is 310 g/mol. The van der Waals surface area contributed by atoms with E-state index in [4.69, 9.17) is 17.3 Å². The molecule has 0 aliphatic rings. The fourth-order valence-corrected chi connectivity index (χ4v) is 2.07. The molecule has 0 saturated heterocycles. The maximum absolute atomic E-state index is 13.0. The average Bonchev–Trinajstić information content (AvgIpc) is 2.21. The number of hydrogen-bond acceptors (Lipinski definition) is 2. The van der Waals surface area contributed by atoms with Gasteiger partial charge in [-0.15, -0.1) is 0 Å². The summed E-state index contributed by atoms with van der Waals surface area (Å²) in [4.78, 5) is 11.7. The highest BCUT2D eigenvalue weighted by atomic mass is 79.9. The summed E-state index contributed by atoms with van der Waals surface area (Å²) in [7, 11) is 0. The van der Waals surface area contributed by atoms with Crippen LogP contribution in [0.15, 0.2) is 16.6 Å². The number of nitrogens with two attached hydrogens (primary N) is 1. The van der Waals surface area contributed by atoms with Crippen molar-refractivity contribution in [1.82, 2.24) is 0 Å². The number of carbonyl (C=O) groups excluding carboxylic acids is 1. The van der Waals surface area contributed by atoms with Crippen LogP contribution >= 0.6 is 27.5 Å². The van der Waals surface area contributed by atoms with Crippen LogP contribution in [0.5, 0.6) is 0 Å². The van der Waals surface area contributed by atoms with Gasteiger partial charge in [-0.3, -0.25) is 4.79 Å². The lowest BCUT2D eigenvalue weighted by Gasteiger charge is -2.16. The standard InChI is InChI=1S/C11H13BrClFN2O/c1-5(2)9(15)11(17)16-10-7(12)3-6(14)4-8(10)13/h3-5,9H,15H2,1-2H3,(H,16,17). The molecule has 3 nitrogen and oxygen atoms in total. The van der Waals surface area contributed by atoms with Crippen LogP contribution in [0.2, 0.25) is 5.02 Å². The Morgan fingerprint density at radius 3 is 2.59 bits per heavy atom. The molecule has 1 aromatic carbocycles. The van der Waals surface area contributed by atoms with Gasteiger partial charge >= 0.3 is 0 Å². The summed E-state index contributed by atoms with van der Waals surface area (Å²) in [6.45, 7) is 3.68. The smallest absolute Gasteiger partial charge is 0.241 e. The monoisotopic (exact) mass is 322 g/mol. The highest BCUT2D eigenvalue weighted by Gasteiger charge is 2.19. The minimum absolute atomic E-state index is 0.00741. The van der Waals surface area contributed by atoms with Crippen molar-refractivity contribution in [3.8, 4) is 0 Å². The van der Waals surface area contributed by atoms with Crippen molar-refractivity contribution >= 4 is 39.1 Å². The first-order valence-corrected chi connectivity index (χ1v) is 6.21. The van der Waals surface area contributed by atoms with E-state index in [1.54, 1.807) is 0 Å². The molecule has 1 atom stereocenters. The van der Waals surface area contributed by atoms with Crippen LogP contribution in [0.4, 0.5) is 10.1 Å². The Bertz CT molecular complexity index is 416. The van der Waals surface area contributed by atoms with Gasteiger partial charge in [-0.25, -0.2) is 4.39 Å². The van der Waals surface area contributed by atoms with E-state index < -0.39 is 11.9 Å². The number of halogens is 3. The van der Waals surface area contributed by atoms with Crippen molar-refractivity contribution in [2.75, 3.05) is 5.32 Å². The van der Waals surface area contributed by atoms with Crippen molar-refractivity contribution in [2.45, 2.75) is 19.9 Å². The molecule has 17 heavy (non-hydrogen) atoms. The lowest BCUT2D eigenvalue weighted by molar-refractivity contribution is -0.118. The van der Waals surface area contributed by atoms with Crippen LogP contribution in [-0.2, 0) is 4.79 Å². The normalized spacial score (nSPS) is 12.6. The van der Waals surface area contributed by atoms with E-state index in [0.29, 0.717) is 10.2 Å². The van der Waals surface area contributed by atoms with Gasteiger partial charge in [-0.05, 0) is 34.0 Å². The fraction of sp³-hybridized carbons (Fsp3) is 0.364. The van der Waals surface area contributed by atoms with E-state index in [0.717, 1.165) is 6.07 Å². The molecule has 1 aromatic rings. The van der Waals surface area contributed by atoms with Gasteiger partial charge in [0.15, 0.2) is 0 Å². The second-order valence-corrected chi connectivity index (χ2v) is 5.27. The molecule has 0 fully saturated rings. The Morgan fingerprint density at radius 2 is 2.12 bits per heavy atom. The van der Waals surface area contributed by atoms with Gasteiger partial charge in [0, 0.05) is 4.47 Å². The van der Waals surface area contributed by atoms with Crippen LogP contribution in [0.1, 0.15) is 13.8 Å². The SMILES string of the molecule is CC(C)C(N)C(=O)Nc1c(Cl)cc(F)cc1Br. The molecule has 0 heterocycles. The van der Waals surface area contributed by atoms with Crippen LogP contribution < -0.4 is 11.1 Å². The van der Waals surface area contributed by atoms with Gasteiger partial charge in [-0.2, -0.15) is 0 Å². The van der Waals surface area contributed by atoms with E-state index >= 15 is 0 Å². The molecule has 0 aliphatic carbocycles.